The molecule has 0 bridgehead atoms. The van der Waals surface area contributed by atoms with Crippen LogP contribution < -0.4 is 4.90 Å². The third-order valence-corrected chi connectivity index (χ3v) is 1.95. The Balaban J connectivity index is 3.40. The molecule has 82 valence electrons. The van der Waals surface area contributed by atoms with Crippen LogP contribution in [0.4, 0.5) is 5.69 Å². The van der Waals surface area contributed by atoms with Gasteiger partial charge in [-0.3, -0.25) is 0 Å². The average molecular weight is 211 g/mol. The van der Waals surface area contributed by atoms with E-state index < -0.39 is 5.97 Å². The van der Waals surface area contributed by atoms with E-state index in [0.717, 1.165) is 6.07 Å². The van der Waals surface area contributed by atoms with Crippen LogP contribution in [0.5, 0.6) is 11.5 Å². The fourth-order valence-electron chi connectivity index (χ4n) is 1.26. The summed E-state index contributed by atoms with van der Waals surface area (Å²) in [6.45, 7) is 0. The summed E-state index contributed by atoms with van der Waals surface area (Å²) in [5.41, 5.74) is 0.444. The van der Waals surface area contributed by atoms with E-state index in [0.29, 0.717) is 5.69 Å². The highest BCUT2D eigenvalue weighted by molar-refractivity contribution is 5.99. The number of phenols is 2. The lowest BCUT2D eigenvalue weighted by Crippen LogP contribution is -2.14. The van der Waals surface area contributed by atoms with E-state index in [1.807, 2.05) is 0 Å². The number of hydrogen-bond acceptors (Lipinski definition) is 5. The van der Waals surface area contributed by atoms with Gasteiger partial charge < -0.3 is 19.8 Å². The molecular formula is C10H13NO4. The summed E-state index contributed by atoms with van der Waals surface area (Å²) in [4.78, 5) is 13.0. The Bertz CT molecular complexity index is 387. The van der Waals surface area contributed by atoms with E-state index in [9.17, 15) is 15.0 Å². The molecule has 0 aliphatic heterocycles. The minimum atomic E-state index is -0.642. The number of benzene rings is 1. The molecule has 0 fully saturated rings. The zero-order valence-electron chi connectivity index (χ0n) is 8.81. The van der Waals surface area contributed by atoms with Gasteiger partial charge in [0.1, 0.15) is 17.1 Å². The molecule has 0 saturated heterocycles. The lowest BCUT2D eigenvalue weighted by atomic mass is 10.1. The predicted molar refractivity (Wildman–Crippen MR) is 55.4 cm³/mol. The minimum Gasteiger partial charge on any atom is -0.508 e. The summed E-state index contributed by atoms with van der Waals surface area (Å²) in [5, 5.41) is 18.8. The Morgan fingerprint density at radius 2 is 1.93 bits per heavy atom. The van der Waals surface area contributed by atoms with Crippen LogP contribution in [0.25, 0.3) is 0 Å². The lowest BCUT2D eigenvalue weighted by molar-refractivity contribution is 0.0598. The molecule has 1 aromatic carbocycles. The van der Waals surface area contributed by atoms with Crippen molar-refractivity contribution in [3.63, 3.8) is 0 Å². The van der Waals surface area contributed by atoms with Crippen molar-refractivity contribution in [2.45, 2.75) is 0 Å². The molecule has 0 radical (unpaired) electrons. The molecular weight excluding hydrogens is 198 g/mol. The van der Waals surface area contributed by atoms with Crippen molar-refractivity contribution in [3.8, 4) is 11.5 Å². The fraction of sp³-hybridized carbons (Fsp3) is 0.300. The smallest absolute Gasteiger partial charge is 0.343 e. The second-order valence-corrected chi connectivity index (χ2v) is 3.25. The second kappa shape index (κ2) is 4.08. The lowest BCUT2D eigenvalue weighted by Gasteiger charge is -2.17. The van der Waals surface area contributed by atoms with E-state index in [4.69, 9.17) is 0 Å². The topological polar surface area (TPSA) is 70.0 Å². The van der Waals surface area contributed by atoms with Crippen molar-refractivity contribution < 1.29 is 19.7 Å². The van der Waals surface area contributed by atoms with Crippen molar-refractivity contribution in [1.29, 1.82) is 0 Å². The van der Waals surface area contributed by atoms with E-state index >= 15 is 0 Å². The molecule has 5 nitrogen and oxygen atoms in total. The van der Waals surface area contributed by atoms with Gasteiger partial charge in [0, 0.05) is 26.2 Å². The van der Waals surface area contributed by atoms with Gasteiger partial charge in [-0.25, -0.2) is 4.79 Å². The van der Waals surface area contributed by atoms with Gasteiger partial charge in [-0.15, -0.1) is 0 Å². The van der Waals surface area contributed by atoms with Gasteiger partial charge >= 0.3 is 5.97 Å². The second-order valence-electron chi connectivity index (χ2n) is 3.25. The molecule has 2 N–H and O–H groups in total. The monoisotopic (exact) mass is 211 g/mol. The number of rotatable bonds is 2. The number of methoxy groups -OCH3 is 1. The predicted octanol–water partition coefficient (Wildman–Crippen LogP) is 0.950. The average Bonchev–Trinajstić information content (AvgIpc) is 2.15. The maximum absolute atomic E-state index is 11.4. The number of nitrogens with zero attached hydrogens (tertiary/aromatic N) is 1. The molecule has 0 aliphatic rings. The zero-order valence-corrected chi connectivity index (χ0v) is 8.81. The van der Waals surface area contributed by atoms with Gasteiger partial charge in [0.25, 0.3) is 0 Å². The highest BCUT2D eigenvalue weighted by Crippen LogP contribution is 2.32. The highest BCUT2D eigenvalue weighted by Gasteiger charge is 2.19. The Morgan fingerprint density at radius 1 is 1.33 bits per heavy atom. The number of anilines is 1. The maximum atomic E-state index is 11.4. The largest absolute Gasteiger partial charge is 0.508 e. The van der Waals surface area contributed by atoms with Crippen LogP contribution in [0.1, 0.15) is 10.4 Å². The molecule has 0 atom stereocenters. The van der Waals surface area contributed by atoms with Crippen LogP contribution in [0.3, 0.4) is 0 Å². The Morgan fingerprint density at radius 3 is 2.40 bits per heavy atom. The Labute approximate surface area is 87.5 Å². The van der Waals surface area contributed by atoms with Gasteiger partial charge in [0.05, 0.1) is 12.8 Å². The molecule has 0 spiro atoms. The first-order chi connectivity index (χ1) is 6.97. The van der Waals surface area contributed by atoms with Gasteiger partial charge in [-0.05, 0) is 0 Å². The van der Waals surface area contributed by atoms with Crippen molar-refractivity contribution in [3.05, 3.63) is 17.7 Å². The van der Waals surface area contributed by atoms with Crippen molar-refractivity contribution in [2.75, 3.05) is 26.1 Å². The van der Waals surface area contributed by atoms with Gasteiger partial charge in [0.2, 0.25) is 0 Å². The van der Waals surface area contributed by atoms with Crippen LogP contribution >= 0.6 is 0 Å². The Kier molecular flexibility index (Phi) is 3.04. The summed E-state index contributed by atoms with van der Waals surface area (Å²) in [6.07, 6.45) is 0. The SMILES string of the molecule is COC(=O)c1c(O)cc(O)cc1N(C)C. The van der Waals surface area contributed by atoms with Crippen molar-refractivity contribution >= 4 is 11.7 Å². The van der Waals surface area contributed by atoms with Gasteiger partial charge in [0.15, 0.2) is 0 Å². The number of ether oxygens (including phenoxy) is 1. The van der Waals surface area contributed by atoms with Crippen LogP contribution in [0, 0.1) is 0 Å². The quantitative estimate of drug-likeness (QED) is 0.713. The first-order valence-electron chi connectivity index (χ1n) is 4.29. The van der Waals surface area contributed by atoms with Crippen molar-refractivity contribution in [1.82, 2.24) is 0 Å². The first kappa shape index (κ1) is 11.2. The molecule has 0 unspecified atom stereocenters. The first-order valence-corrected chi connectivity index (χ1v) is 4.29. The van der Waals surface area contributed by atoms with Crippen molar-refractivity contribution in [2.24, 2.45) is 0 Å². The summed E-state index contributed by atoms with van der Waals surface area (Å²) in [6, 6.07) is 2.48. The number of phenolic OH excluding ortho intramolecular Hbond substituents is 2. The minimum absolute atomic E-state index is 0.0419. The summed E-state index contributed by atoms with van der Waals surface area (Å²) in [7, 11) is 4.62. The molecule has 0 heterocycles. The zero-order chi connectivity index (χ0) is 11.6. The molecule has 15 heavy (non-hydrogen) atoms. The molecule has 1 aromatic rings. The molecule has 5 heteroatoms. The third kappa shape index (κ3) is 2.12. The number of aromatic hydroxyl groups is 2. The van der Waals surface area contributed by atoms with Crippen LogP contribution in [0.2, 0.25) is 0 Å². The normalized spacial score (nSPS) is 9.80. The fourth-order valence-corrected chi connectivity index (χ4v) is 1.26. The summed E-state index contributed by atoms with van der Waals surface area (Å²) >= 11 is 0. The molecule has 0 aromatic heterocycles. The van der Waals surface area contributed by atoms with Gasteiger partial charge in [-0.2, -0.15) is 0 Å². The van der Waals surface area contributed by atoms with E-state index in [2.05, 4.69) is 4.74 Å². The van der Waals surface area contributed by atoms with Crippen LogP contribution in [-0.2, 0) is 4.74 Å². The maximum Gasteiger partial charge on any atom is 0.343 e. The van der Waals surface area contributed by atoms with E-state index in [-0.39, 0.29) is 17.1 Å². The number of hydrogen-bond donors (Lipinski definition) is 2. The standard InChI is InChI=1S/C10H13NO4/c1-11(2)7-4-6(12)5-8(13)9(7)10(14)15-3/h4-5,12-13H,1-3H3. The van der Waals surface area contributed by atoms with E-state index in [1.54, 1.807) is 19.0 Å². The third-order valence-electron chi connectivity index (χ3n) is 1.95. The van der Waals surface area contributed by atoms with E-state index in [1.165, 1.54) is 13.2 Å². The Hall–Kier alpha value is -1.91. The summed E-state index contributed by atoms with van der Waals surface area (Å²) in [5.74, 6) is -1.05. The van der Waals surface area contributed by atoms with Gasteiger partial charge in [-0.1, -0.05) is 0 Å². The summed E-state index contributed by atoms with van der Waals surface area (Å²) < 4.78 is 4.54. The molecule has 0 aliphatic carbocycles. The number of esters is 1. The number of carbonyl (C=O) groups is 1. The molecule has 0 saturated carbocycles. The molecule has 0 amide bonds. The number of carbonyl (C=O) groups excluding carboxylic acids is 1. The van der Waals surface area contributed by atoms with Crippen LogP contribution in [-0.4, -0.2) is 37.4 Å². The van der Waals surface area contributed by atoms with Crippen LogP contribution in [0.15, 0.2) is 12.1 Å². The molecule has 1 rings (SSSR count). The highest BCUT2D eigenvalue weighted by atomic mass is 16.5.